The molecule has 1 aliphatic carbocycles. The van der Waals surface area contributed by atoms with Crippen molar-refractivity contribution in [1.29, 1.82) is 0 Å². The first-order valence-electron chi connectivity index (χ1n) is 6.67. The summed E-state index contributed by atoms with van der Waals surface area (Å²) >= 11 is 0. The maximum Gasteiger partial charge on any atom is 0.174 e. The highest BCUT2D eigenvalue weighted by Gasteiger charge is 2.61. The summed E-state index contributed by atoms with van der Waals surface area (Å²) in [5.41, 5.74) is 0.224. The maximum absolute atomic E-state index is 8.98. The lowest BCUT2D eigenvalue weighted by molar-refractivity contribution is -0.214. The highest BCUT2D eigenvalue weighted by Crippen LogP contribution is 2.61. The highest BCUT2D eigenvalue weighted by molar-refractivity contribution is 5.05. The van der Waals surface area contributed by atoms with Gasteiger partial charge in [0.25, 0.3) is 0 Å². The molecule has 1 heterocycles. The molecule has 2 aliphatic rings. The molecule has 1 aliphatic heterocycles. The first kappa shape index (κ1) is 12.3. The fourth-order valence-electron chi connectivity index (χ4n) is 2.97. The smallest absolute Gasteiger partial charge is 0.174 e. The van der Waals surface area contributed by atoms with E-state index in [1.165, 1.54) is 25.7 Å². The Balaban J connectivity index is 2.00. The van der Waals surface area contributed by atoms with Crippen LogP contribution in [0.2, 0.25) is 0 Å². The van der Waals surface area contributed by atoms with Crippen LogP contribution in [-0.2, 0) is 9.47 Å². The van der Waals surface area contributed by atoms with Crippen LogP contribution in [0.15, 0.2) is 0 Å². The fraction of sp³-hybridized carbons (Fsp3) is 1.00. The standard InChI is InChI=1S/C13H24O3/c1-2-3-6-13(15-10-11-16-13)12(7-8-12)5-4-9-14/h14H,2-11H2,1H3. The molecule has 0 amide bonds. The molecular formula is C13H24O3. The molecule has 0 spiro atoms. The minimum atomic E-state index is -0.307. The van der Waals surface area contributed by atoms with E-state index in [0.717, 1.165) is 32.5 Å². The number of rotatable bonds is 7. The molecule has 3 heteroatoms. The van der Waals surface area contributed by atoms with Crippen molar-refractivity contribution < 1.29 is 14.6 Å². The highest BCUT2D eigenvalue weighted by atomic mass is 16.7. The fourth-order valence-corrected chi connectivity index (χ4v) is 2.97. The van der Waals surface area contributed by atoms with E-state index in [1.807, 2.05) is 0 Å². The Bertz CT molecular complexity index is 217. The Morgan fingerprint density at radius 3 is 2.25 bits per heavy atom. The third-order valence-corrected chi connectivity index (χ3v) is 4.09. The molecule has 1 N–H and O–H groups in total. The lowest BCUT2D eigenvalue weighted by atomic mass is 9.86. The lowest BCUT2D eigenvalue weighted by Gasteiger charge is -2.36. The van der Waals surface area contributed by atoms with Crippen molar-refractivity contribution >= 4 is 0 Å². The van der Waals surface area contributed by atoms with E-state index in [4.69, 9.17) is 14.6 Å². The molecular weight excluding hydrogens is 204 g/mol. The second-order valence-electron chi connectivity index (χ2n) is 5.16. The van der Waals surface area contributed by atoms with E-state index in [9.17, 15) is 0 Å². The van der Waals surface area contributed by atoms with E-state index in [2.05, 4.69) is 6.92 Å². The number of aliphatic hydroxyl groups excluding tert-OH is 1. The molecule has 94 valence electrons. The van der Waals surface area contributed by atoms with E-state index in [0.29, 0.717) is 0 Å². The van der Waals surface area contributed by atoms with Crippen LogP contribution in [0.4, 0.5) is 0 Å². The van der Waals surface area contributed by atoms with Gasteiger partial charge < -0.3 is 14.6 Å². The van der Waals surface area contributed by atoms with E-state index in [1.54, 1.807) is 0 Å². The summed E-state index contributed by atoms with van der Waals surface area (Å²) in [6, 6.07) is 0. The van der Waals surface area contributed by atoms with E-state index < -0.39 is 0 Å². The Labute approximate surface area is 98.1 Å². The lowest BCUT2D eigenvalue weighted by Crippen LogP contribution is -2.41. The van der Waals surface area contributed by atoms with Crippen LogP contribution in [0.5, 0.6) is 0 Å². The van der Waals surface area contributed by atoms with Gasteiger partial charge in [-0.05, 0) is 32.1 Å². The molecule has 0 aromatic heterocycles. The third-order valence-electron chi connectivity index (χ3n) is 4.09. The third kappa shape index (κ3) is 2.13. The molecule has 16 heavy (non-hydrogen) atoms. The van der Waals surface area contributed by atoms with Gasteiger partial charge in [0, 0.05) is 18.4 Å². The maximum atomic E-state index is 8.98. The van der Waals surface area contributed by atoms with E-state index >= 15 is 0 Å². The summed E-state index contributed by atoms with van der Waals surface area (Å²) < 4.78 is 11.9. The Hall–Kier alpha value is -0.120. The second kappa shape index (κ2) is 5.03. The van der Waals surface area contributed by atoms with Crippen molar-refractivity contribution in [3.63, 3.8) is 0 Å². The van der Waals surface area contributed by atoms with Gasteiger partial charge in [0.15, 0.2) is 5.79 Å². The summed E-state index contributed by atoms with van der Waals surface area (Å²) in [5, 5.41) is 8.98. The van der Waals surface area contributed by atoms with Crippen molar-refractivity contribution in [1.82, 2.24) is 0 Å². The van der Waals surface area contributed by atoms with Gasteiger partial charge in [0.2, 0.25) is 0 Å². The molecule has 0 aromatic carbocycles. The Morgan fingerprint density at radius 2 is 1.75 bits per heavy atom. The van der Waals surface area contributed by atoms with Gasteiger partial charge in [-0.3, -0.25) is 0 Å². The summed E-state index contributed by atoms with van der Waals surface area (Å²) in [5.74, 6) is -0.307. The van der Waals surface area contributed by atoms with Gasteiger partial charge in [-0.2, -0.15) is 0 Å². The largest absolute Gasteiger partial charge is 0.396 e. The zero-order valence-electron chi connectivity index (χ0n) is 10.3. The second-order valence-corrected chi connectivity index (χ2v) is 5.16. The van der Waals surface area contributed by atoms with Crippen molar-refractivity contribution in [3.8, 4) is 0 Å². The molecule has 0 bridgehead atoms. The molecule has 0 atom stereocenters. The first-order chi connectivity index (χ1) is 7.79. The van der Waals surface area contributed by atoms with Crippen molar-refractivity contribution in [2.24, 2.45) is 5.41 Å². The van der Waals surface area contributed by atoms with Crippen molar-refractivity contribution in [2.45, 2.75) is 57.7 Å². The predicted molar refractivity (Wildman–Crippen MR) is 62.1 cm³/mol. The number of hydrogen-bond acceptors (Lipinski definition) is 3. The topological polar surface area (TPSA) is 38.7 Å². The quantitative estimate of drug-likeness (QED) is 0.727. The average molecular weight is 228 g/mol. The van der Waals surface area contributed by atoms with Gasteiger partial charge in [-0.15, -0.1) is 0 Å². The van der Waals surface area contributed by atoms with Crippen molar-refractivity contribution in [2.75, 3.05) is 19.8 Å². The molecule has 2 rings (SSSR count). The Morgan fingerprint density at radius 1 is 1.06 bits per heavy atom. The number of ether oxygens (including phenoxy) is 2. The average Bonchev–Trinajstić information content (AvgIpc) is 2.96. The van der Waals surface area contributed by atoms with Crippen LogP contribution in [0.3, 0.4) is 0 Å². The number of aliphatic hydroxyl groups is 1. The van der Waals surface area contributed by atoms with E-state index in [-0.39, 0.29) is 17.8 Å². The van der Waals surface area contributed by atoms with Gasteiger partial charge in [0.1, 0.15) is 0 Å². The van der Waals surface area contributed by atoms with Crippen LogP contribution >= 0.6 is 0 Å². The zero-order chi connectivity index (χ0) is 11.5. The normalized spacial score (nSPS) is 25.9. The summed E-state index contributed by atoms with van der Waals surface area (Å²) in [7, 11) is 0. The van der Waals surface area contributed by atoms with Crippen LogP contribution in [0, 0.1) is 5.41 Å². The van der Waals surface area contributed by atoms with Crippen LogP contribution in [0.25, 0.3) is 0 Å². The molecule has 2 fully saturated rings. The van der Waals surface area contributed by atoms with Gasteiger partial charge in [-0.25, -0.2) is 0 Å². The van der Waals surface area contributed by atoms with Gasteiger partial charge in [-0.1, -0.05) is 13.3 Å². The minimum absolute atomic E-state index is 0.224. The molecule has 0 unspecified atom stereocenters. The number of hydrogen-bond donors (Lipinski definition) is 1. The monoisotopic (exact) mass is 228 g/mol. The molecule has 0 aromatic rings. The Kier molecular flexibility index (Phi) is 3.88. The predicted octanol–water partition coefficient (Wildman–Crippen LogP) is 2.47. The molecule has 0 radical (unpaired) electrons. The van der Waals surface area contributed by atoms with Crippen LogP contribution in [-0.4, -0.2) is 30.7 Å². The molecule has 1 saturated carbocycles. The van der Waals surface area contributed by atoms with Crippen LogP contribution in [0.1, 0.15) is 51.9 Å². The summed E-state index contributed by atoms with van der Waals surface area (Å²) in [4.78, 5) is 0. The number of unbranched alkanes of at least 4 members (excludes halogenated alkanes) is 1. The molecule has 3 nitrogen and oxygen atoms in total. The zero-order valence-corrected chi connectivity index (χ0v) is 10.3. The summed E-state index contributed by atoms with van der Waals surface area (Å²) in [6.45, 7) is 3.97. The molecule has 1 saturated heterocycles. The van der Waals surface area contributed by atoms with Crippen molar-refractivity contribution in [3.05, 3.63) is 0 Å². The van der Waals surface area contributed by atoms with Crippen LogP contribution < -0.4 is 0 Å². The summed E-state index contributed by atoms with van der Waals surface area (Å²) in [6.07, 6.45) is 7.71. The minimum Gasteiger partial charge on any atom is -0.396 e. The first-order valence-corrected chi connectivity index (χ1v) is 6.67. The van der Waals surface area contributed by atoms with Gasteiger partial charge in [0.05, 0.1) is 13.2 Å². The van der Waals surface area contributed by atoms with Gasteiger partial charge >= 0.3 is 0 Å². The SMILES string of the molecule is CCCCC1(C2(CCCO)CC2)OCCO1.